The molecule has 2 N–H and O–H groups in total. The molecule has 5 rings (SSSR count). The average Bonchev–Trinajstić information content (AvgIpc) is 3.69. The molecule has 1 unspecified atom stereocenters. The Morgan fingerprint density at radius 2 is 1.89 bits per heavy atom. The fourth-order valence-electron chi connectivity index (χ4n) is 4.50. The Kier molecular flexibility index (Phi) is 7.45. The average molecular weight is 509 g/mol. The number of nitrogens with two attached hydrogens (primary N) is 1. The van der Waals surface area contributed by atoms with Gasteiger partial charge in [-0.15, -0.1) is 0 Å². The van der Waals surface area contributed by atoms with Crippen LogP contribution in [0.1, 0.15) is 62.9 Å². The van der Waals surface area contributed by atoms with Gasteiger partial charge in [0.1, 0.15) is 17.6 Å². The topological polar surface area (TPSA) is 93.9 Å². The van der Waals surface area contributed by atoms with Gasteiger partial charge in [-0.25, -0.2) is 9.07 Å². The van der Waals surface area contributed by atoms with Crippen molar-refractivity contribution in [3.05, 3.63) is 118 Å². The number of ketones is 1. The lowest BCUT2D eigenvalue weighted by atomic mass is 9.96. The molecule has 1 atom stereocenters. The number of rotatable bonds is 10. The summed E-state index contributed by atoms with van der Waals surface area (Å²) in [6.45, 7) is 2.80. The zero-order valence-corrected chi connectivity index (χ0v) is 21.2. The summed E-state index contributed by atoms with van der Waals surface area (Å²) in [6.07, 6.45) is 1.74. The molecule has 0 aliphatic heterocycles. The van der Waals surface area contributed by atoms with Gasteiger partial charge in [-0.2, -0.15) is 10.4 Å². The maximum absolute atomic E-state index is 15.0. The number of benzene rings is 3. The third-order valence-corrected chi connectivity index (χ3v) is 6.77. The molecule has 0 amide bonds. The molecule has 1 fully saturated rings. The first-order valence-electron chi connectivity index (χ1n) is 12.7. The number of aromatic nitrogens is 2. The number of carbonyl (C=O) groups is 1. The van der Waals surface area contributed by atoms with Gasteiger partial charge in [-0.1, -0.05) is 30.3 Å². The minimum absolute atomic E-state index is 0.121. The van der Waals surface area contributed by atoms with E-state index in [2.05, 4.69) is 11.2 Å². The van der Waals surface area contributed by atoms with E-state index in [1.807, 2.05) is 43.3 Å². The van der Waals surface area contributed by atoms with E-state index in [0.29, 0.717) is 41.6 Å². The summed E-state index contributed by atoms with van der Waals surface area (Å²) in [7, 11) is 0. The monoisotopic (exact) mass is 508 g/mol. The number of hydrogen-bond donors (Lipinski definition) is 1. The molecule has 0 bridgehead atoms. The van der Waals surface area contributed by atoms with Crippen LogP contribution in [0.3, 0.4) is 0 Å². The molecule has 1 aromatic heterocycles. The van der Waals surface area contributed by atoms with Crippen LogP contribution in [-0.2, 0) is 17.7 Å². The number of nitriles is 1. The van der Waals surface area contributed by atoms with Crippen LogP contribution in [0.2, 0.25) is 0 Å². The zero-order valence-electron chi connectivity index (χ0n) is 21.2. The van der Waals surface area contributed by atoms with E-state index in [-0.39, 0.29) is 12.2 Å². The molecule has 3 aromatic carbocycles. The van der Waals surface area contributed by atoms with Crippen LogP contribution >= 0.6 is 0 Å². The highest BCUT2D eigenvalue weighted by Gasteiger charge is 2.25. The summed E-state index contributed by atoms with van der Waals surface area (Å²) in [5.41, 5.74) is 11.0. The second-order valence-corrected chi connectivity index (χ2v) is 9.80. The van der Waals surface area contributed by atoms with Gasteiger partial charge in [-0.3, -0.25) is 4.79 Å². The lowest BCUT2D eigenvalue weighted by molar-refractivity contribution is 0.0717. The maximum Gasteiger partial charge on any atom is 0.185 e. The van der Waals surface area contributed by atoms with Crippen molar-refractivity contribution >= 4 is 5.78 Å². The van der Waals surface area contributed by atoms with Crippen LogP contribution in [-0.4, -0.2) is 22.2 Å². The van der Waals surface area contributed by atoms with Crippen molar-refractivity contribution in [1.29, 1.82) is 5.26 Å². The lowest BCUT2D eigenvalue weighted by Crippen LogP contribution is -2.14. The van der Waals surface area contributed by atoms with Gasteiger partial charge in [0.2, 0.25) is 0 Å². The second-order valence-electron chi connectivity index (χ2n) is 9.80. The van der Waals surface area contributed by atoms with Crippen LogP contribution < -0.4 is 5.73 Å². The maximum atomic E-state index is 15.0. The molecule has 1 aliphatic carbocycles. The molecular weight excluding hydrogens is 479 g/mol. The highest BCUT2D eigenvalue weighted by atomic mass is 19.1. The van der Waals surface area contributed by atoms with Crippen molar-refractivity contribution in [2.45, 2.75) is 38.8 Å². The summed E-state index contributed by atoms with van der Waals surface area (Å²) in [5.74, 6) is -0.150. The van der Waals surface area contributed by atoms with Crippen LogP contribution in [0.4, 0.5) is 4.39 Å². The predicted molar refractivity (Wildman–Crippen MR) is 142 cm³/mol. The van der Waals surface area contributed by atoms with Crippen LogP contribution in [0.15, 0.2) is 72.8 Å². The predicted octanol–water partition coefficient (Wildman–Crippen LogP) is 5.59. The summed E-state index contributed by atoms with van der Waals surface area (Å²) in [4.78, 5) is 13.5. The van der Waals surface area contributed by atoms with E-state index < -0.39 is 11.9 Å². The fourth-order valence-corrected chi connectivity index (χ4v) is 4.50. The number of hydrogen-bond acceptors (Lipinski definition) is 5. The molecule has 6 nitrogen and oxygen atoms in total. The van der Waals surface area contributed by atoms with E-state index in [0.717, 1.165) is 35.2 Å². The van der Waals surface area contributed by atoms with E-state index in [9.17, 15) is 9.18 Å². The quantitative estimate of drug-likeness (QED) is 0.282. The third kappa shape index (κ3) is 5.72. The largest absolute Gasteiger partial charge is 0.369 e. The molecule has 0 spiro atoms. The second kappa shape index (κ2) is 11.1. The zero-order chi connectivity index (χ0) is 26.6. The first-order chi connectivity index (χ1) is 18.4. The van der Waals surface area contributed by atoms with E-state index in [1.165, 1.54) is 6.07 Å². The van der Waals surface area contributed by atoms with Crippen LogP contribution in [0.25, 0.3) is 5.69 Å². The van der Waals surface area contributed by atoms with Gasteiger partial charge in [0.25, 0.3) is 0 Å². The highest BCUT2D eigenvalue weighted by molar-refractivity contribution is 5.96. The van der Waals surface area contributed by atoms with Gasteiger partial charge < -0.3 is 10.5 Å². The molecule has 0 saturated heterocycles. The summed E-state index contributed by atoms with van der Waals surface area (Å²) in [6, 6.07) is 23.4. The molecule has 38 heavy (non-hydrogen) atoms. The van der Waals surface area contributed by atoms with Crippen LogP contribution in [0.5, 0.6) is 0 Å². The minimum atomic E-state index is -0.448. The number of carbonyl (C=O) groups excluding carboxylic acids is 1. The molecule has 0 radical (unpaired) electrons. The summed E-state index contributed by atoms with van der Waals surface area (Å²) < 4.78 is 22.9. The Hall–Kier alpha value is -4.12. The Morgan fingerprint density at radius 3 is 2.61 bits per heavy atom. The molecule has 1 heterocycles. The van der Waals surface area contributed by atoms with Crippen LogP contribution in [0, 0.1) is 30.0 Å². The van der Waals surface area contributed by atoms with E-state index >= 15 is 0 Å². The first-order valence-corrected chi connectivity index (χ1v) is 12.7. The van der Waals surface area contributed by atoms with Crippen molar-refractivity contribution in [2.75, 3.05) is 6.61 Å². The SMILES string of the molecule is Cc1cc(C(=O)Cc2cc(C(OCC3CC3)c3ccc(C#N)cc3)ccc2F)n(-c2cccc(CN)c2)n1. The van der Waals surface area contributed by atoms with Crippen molar-refractivity contribution in [2.24, 2.45) is 11.7 Å². The summed E-state index contributed by atoms with van der Waals surface area (Å²) >= 11 is 0. The van der Waals surface area contributed by atoms with E-state index in [1.54, 1.807) is 35.0 Å². The highest BCUT2D eigenvalue weighted by Crippen LogP contribution is 2.34. The minimum Gasteiger partial charge on any atom is -0.369 e. The lowest BCUT2D eigenvalue weighted by Gasteiger charge is -2.20. The summed E-state index contributed by atoms with van der Waals surface area (Å²) in [5, 5.41) is 13.7. The van der Waals surface area contributed by atoms with Crippen molar-refractivity contribution in [3.63, 3.8) is 0 Å². The molecule has 4 aromatic rings. The number of ether oxygens (including phenoxy) is 1. The Morgan fingerprint density at radius 1 is 1.13 bits per heavy atom. The van der Waals surface area contributed by atoms with Gasteiger partial charge in [0.15, 0.2) is 5.78 Å². The molecule has 1 aliphatic rings. The molecule has 1 saturated carbocycles. The number of aryl methyl sites for hydroxylation is 1. The Balaban J connectivity index is 1.44. The number of nitrogens with zero attached hydrogens (tertiary/aromatic N) is 3. The number of halogens is 1. The standard InChI is InChI=1S/C31H29FN4O2/c1-20-13-29(36(35-20)27-4-2-3-23(14-27)18-34)30(37)16-26-15-25(11-12-28(26)32)31(38-19-22-5-6-22)24-9-7-21(17-33)8-10-24/h2-4,7-15,22,31H,5-6,16,18-19,34H2,1H3. The third-order valence-electron chi connectivity index (χ3n) is 6.77. The molecular formula is C31H29FN4O2. The van der Waals surface area contributed by atoms with Crippen molar-refractivity contribution in [3.8, 4) is 11.8 Å². The van der Waals surface area contributed by atoms with Gasteiger partial charge in [0, 0.05) is 13.0 Å². The van der Waals surface area contributed by atoms with Gasteiger partial charge in [-0.05, 0) is 90.4 Å². The smallest absolute Gasteiger partial charge is 0.185 e. The van der Waals surface area contributed by atoms with Crippen molar-refractivity contribution < 1.29 is 13.9 Å². The first kappa shape index (κ1) is 25.5. The van der Waals surface area contributed by atoms with Gasteiger partial charge in [0.05, 0.1) is 29.6 Å². The molecule has 192 valence electrons. The normalized spacial score (nSPS) is 13.7. The fraction of sp³-hybridized carbons (Fsp3) is 0.258. The van der Waals surface area contributed by atoms with Gasteiger partial charge >= 0.3 is 0 Å². The Bertz CT molecular complexity index is 1500. The number of Topliss-reactive ketones (excluding diaryl/α,β-unsaturated/α-hetero) is 1. The van der Waals surface area contributed by atoms with Crippen molar-refractivity contribution in [1.82, 2.24) is 9.78 Å². The van der Waals surface area contributed by atoms with E-state index in [4.69, 9.17) is 15.7 Å². The molecule has 7 heteroatoms. The Labute approximate surface area is 221 Å².